The van der Waals surface area contributed by atoms with Gasteiger partial charge in [-0.15, -0.1) is 0 Å². The molecule has 1 aliphatic heterocycles. The van der Waals surface area contributed by atoms with E-state index < -0.39 is 5.97 Å². The van der Waals surface area contributed by atoms with Gasteiger partial charge in [-0.05, 0) is 42.8 Å². The van der Waals surface area contributed by atoms with Crippen molar-refractivity contribution >= 4 is 64.2 Å². The van der Waals surface area contributed by atoms with E-state index in [2.05, 4.69) is 0 Å². The number of carbonyl (C=O) groups excluding carboxylic acids is 1. The number of hydrogen-bond acceptors (Lipinski definition) is 6. The van der Waals surface area contributed by atoms with E-state index in [1.807, 2.05) is 66.2 Å². The number of aromatic nitrogens is 1. The second-order valence-electron chi connectivity index (χ2n) is 6.88. The number of amides is 1. The minimum Gasteiger partial charge on any atom is -0.481 e. The summed E-state index contributed by atoms with van der Waals surface area (Å²) in [5.41, 5.74) is 2.77. The van der Waals surface area contributed by atoms with Crippen molar-refractivity contribution in [2.75, 3.05) is 25.5 Å². The number of carboxylic acids is 1. The number of carbonyl (C=O) groups is 2. The van der Waals surface area contributed by atoms with Gasteiger partial charge in [0.05, 0.1) is 4.91 Å². The summed E-state index contributed by atoms with van der Waals surface area (Å²) in [6.07, 6.45) is 4.00. The number of nitrogens with zero attached hydrogens (tertiary/aromatic N) is 3. The molecule has 156 valence electrons. The Hall–Kier alpha value is -2.49. The van der Waals surface area contributed by atoms with E-state index in [0.717, 1.165) is 16.9 Å². The molecule has 0 aliphatic carbocycles. The molecular weight excluding hydrogens is 438 g/mol. The van der Waals surface area contributed by atoms with Crippen LogP contribution in [0, 0.1) is 4.64 Å². The molecule has 1 amide bonds. The van der Waals surface area contributed by atoms with Crippen LogP contribution in [0.25, 0.3) is 11.8 Å². The van der Waals surface area contributed by atoms with Gasteiger partial charge in [0.2, 0.25) is 0 Å². The van der Waals surface area contributed by atoms with Crippen LogP contribution in [0.2, 0.25) is 0 Å². The number of pyridine rings is 1. The van der Waals surface area contributed by atoms with Gasteiger partial charge >= 0.3 is 5.97 Å². The molecule has 2 heterocycles. The number of aliphatic carboxylic acids is 1. The van der Waals surface area contributed by atoms with Crippen LogP contribution in [-0.4, -0.2) is 51.4 Å². The highest BCUT2D eigenvalue weighted by Gasteiger charge is 2.31. The molecular formula is C21H21N3O3S3. The molecule has 1 aromatic carbocycles. The summed E-state index contributed by atoms with van der Waals surface area (Å²) in [7, 11) is 3.97. The zero-order valence-electron chi connectivity index (χ0n) is 16.6. The number of anilines is 1. The molecule has 0 radical (unpaired) electrons. The fourth-order valence-corrected chi connectivity index (χ4v) is 4.55. The maximum atomic E-state index is 12.7. The van der Waals surface area contributed by atoms with Gasteiger partial charge in [-0.2, -0.15) is 0 Å². The van der Waals surface area contributed by atoms with Crippen molar-refractivity contribution in [2.45, 2.75) is 12.8 Å². The molecule has 0 bridgehead atoms. The van der Waals surface area contributed by atoms with E-state index in [0.29, 0.717) is 26.8 Å². The molecule has 1 fully saturated rings. The number of rotatable bonds is 7. The summed E-state index contributed by atoms with van der Waals surface area (Å²) in [6.45, 7) is 0.294. The third-order valence-corrected chi connectivity index (χ3v) is 6.36. The molecule has 9 heteroatoms. The minimum absolute atomic E-state index is 0.00227. The fraction of sp³-hybridized carbons (Fsp3) is 0.238. The van der Waals surface area contributed by atoms with Crippen LogP contribution < -0.4 is 4.90 Å². The summed E-state index contributed by atoms with van der Waals surface area (Å²) in [5, 5.41) is 8.79. The van der Waals surface area contributed by atoms with Crippen LogP contribution in [0.15, 0.2) is 47.5 Å². The Morgan fingerprint density at radius 1 is 1.20 bits per heavy atom. The van der Waals surface area contributed by atoms with E-state index in [-0.39, 0.29) is 12.3 Å². The van der Waals surface area contributed by atoms with E-state index in [4.69, 9.17) is 29.5 Å². The molecule has 0 unspecified atom stereocenters. The fourth-order valence-electron chi connectivity index (χ4n) is 2.96. The van der Waals surface area contributed by atoms with Gasteiger partial charge in [-0.3, -0.25) is 14.5 Å². The van der Waals surface area contributed by atoms with E-state index in [1.165, 1.54) is 16.7 Å². The van der Waals surface area contributed by atoms with Gasteiger partial charge in [-0.1, -0.05) is 42.3 Å². The summed E-state index contributed by atoms with van der Waals surface area (Å²) in [5.74, 6) is -1.10. The number of hydrogen-bond donors (Lipinski definition) is 1. The smallest absolute Gasteiger partial charge is 0.303 e. The van der Waals surface area contributed by atoms with Gasteiger partial charge in [0.1, 0.15) is 8.96 Å². The SMILES string of the molecule is CN(C)c1ccc(-n2cccc(C=C3SC(=S)N(CCCC(=O)O)C3=O)c2=S)cc1. The van der Waals surface area contributed by atoms with Crippen LogP contribution in [0.3, 0.4) is 0 Å². The van der Waals surface area contributed by atoms with Gasteiger partial charge < -0.3 is 14.6 Å². The predicted molar refractivity (Wildman–Crippen MR) is 128 cm³/mol. The lowest BCUT2D eigenvalue weighted by molar-refractivity contribution is -0.137. The first-order valence-electron chi connectivity index (χ1n) is 9.24. The van der Waals surface area contributed by atoms with E-state index in [9.17, 15) is 9.59 Å². The van der Waals surface area contributed by atoms with Crippen molar-refractivity contribution in [1.82, 2.24) is 9.47 Å². The third kappa shape index (κ3) is 4.97. The van der Waals surface area contributed by atoms with Gasteiger partial charge in [0, 0.05) is 50.2 Å². The molecule has 30 heavy (non-hydrogen) atoms. The molecule has 0 spiro atoms. The highest BCUT2D eigenvalue weighted by atomic mass is 32.2. The molecule has 0 saturated carbocycles. The maximum Gasteiger partial charge on any atom is 0.303 e. The zero-order chi connectivity index (χ0) is 21.8. The molecule has 6 nitrogen and oxygen atoms in total. The maximum absolute atomic E-state index is 12.7. The Bertz CT molecular complexity index is 1070. The summed E-state index contributed by atoms with van der Waals surface area (Å²) in [4.78, 5) is 27.4. The van der Waals surface area contributed by atoms with Crippen LogP contribution in [0.4, 0.5) is 5.69 Å². The Labute approximate surface area is 189 Å². The van der Waals surface area contributed by atoms with Crippen LogP contribution in [0.1, 0.15) is 18.4 Å². The predicted octanol–water partition coefficient (Wildman–Crippen LogP) is 4.34. The second-order valence-corrected chi connectivity index (χ2v) is 8.94. The quantitative estimate of drug-likeness (QED) is 0.488. The highest BCUT2D eigenvalue weighted by Crippen LogP contribution is 2.33. The average molecular weight is 460 g/mol. The van der Waals surface area contributed by atoms with Crippen LogP contribution in [-0.2, 0) is 9.59 Å². The summed E-state index contributed by atoms with van der Waals surface area (Å²) in [6, 6.07) is 11.8. The Morgan fingerprint density at radius 2 is 1.90 bits per heavy atom. The zero-order valence-corrected chi connectivity index (χ0v) is 19.0. The molecule has 1 N–H and O–H groups in total. The Kier molecular flexibility index (Phi) is 7.06. The first-order chi connectivity index (χ1) is 14.3. The van der Waals surface area contributed by atoms with Crippen molar-refractivity contribution in [2.24, 2.45) is 0 Å². The number of benzene rings is 1. The van der Waals surface area contributed by atoms with Crippen molar-refractivity contribution < 1.29 is 14.7 Å². The van der Waals surface area contributed by atoms with Gasteiger partial charge in [0.15, 0.2) is 0 Å². The lowest BCUT2D eigenvalue weighted by atomic mass is 10.2. The highest BCUT2D eigenvalue weighted by molar-refractivity contribution is 8.26. The normalized spacial score (nSPS) is 15.1. The third-order valence-electron chi connectivity index (χ3n) is 4.55. The monoisotopic (exact) mass is 459 g/mol. The van der Waals surface area contributed by atoms with Crippen LogP contribution >= 0.6 is 36.2 Å². The standard InChI is InChI=1S/C21H21N3O3S3/c1-22(2)15-7-9-16(10-8-15)23-11-3-5-14(20(23)28)13-17-19(27)24(21(29)30-17)12-4-6-18(25)26/h3,5,7-11,13H,4,6,12H2,1-2H3,(H,25,26). The van der Waals surface area contributed by atoms with Crippen molar-refractivity contribution in [1.29, 1.82) is 0 Å². The van der Waals surface area contributed by atoms with Crippen molar-refractivity contribution in [3.63, 3.8) is 0 Å². The Balaban J connectivity index is 1.85. The van der Waals surface area contributed by atoms with E-state index in [1.54, 1.807) is 6.08 Å². The number of thioether (sulfide) groups is 1. The summed E-state index contributed by atoms with van der Waals surface area (Å²) >= 11 is 12.2. The first-order valence-corrected chi connectivity index (χ1v) is 10.9. The van der Waals surface area contributed by atoms with Crippen molar-refractivity contribution in [3.05, 3.63) is 57.7 Å². The molecule has 0 atom stereocenters. The van der Waals surface area contributed by atoms with Gasteiger partial charge in [0.25, 0.3) is 5.91 Å². The van der Waals surface area contributed by atoms with Crippen LogP contribution in [0.5, 0.6) is 0 Å². The average Bonchev–Trinajstić information content (AvgIpc) is 2.97. The molecule has 1 aliphatic rings. The molecule has 3 rings (SSSR count). The lowest BCUT2D eigenvalue weighted by Gasteiger charge is -2.14. The van der Waals surface area contributed by atoms with Crippen molar-refractivity contribution in [3.8, 4) is 5.69 Å². The molecule has 2 aromatic rings. The second kappa shape index (κ2) is 9.55. The number of carboxylic acid groups (broad SMARTS) is 1. The largest absolute Gasteiger partial charge is 0.481 e. The first kappa shape index (κ1) is 22.2. The topological polar surface area (TPSA) is 65.8 Å². The molecule has 1 aromatic heterocycles. The van der Waals surface area contributed by atoms with E-state index >= 15 is 0 Å². The molecule has 1 saturated heterocycles. The Morgan fingerprint density at radius 3 is 2.53 bits per heavy atom. The minimum atomic E-state index is -0.890. The lowest BCUT2D eigenvalue weighted by Crippen LogP contribution is -2.29. The number of thiocarbonyl (C=S) groups is 1. The van der Waals surface area contributed by atoms with Gasteiger partial charge in [-0.25, -0.2) is 0 Å². The summed E-state index contributed by atoms with van der Waals surface area (Å²) < 4.78 is 2.92.